The zero-order valence-corrected chi connectivity index (χ0v) is 16.4. The molecular formula is C23H39NO. The van der Waals surface area contributed by atoms with Crippen molar-refractivity contribution in [3.8, 4) is 0 Å². The zero-order chi connectivity index (χ0) is 17.1. The Kier molecular flexibility index (Phi) is 4.25. The van der Waals surface area contributed by atoms with Crippen molar-refractivity contribution < 1.29 is 5.11 Å². The lowest BCUT2D eigenvalue weighted by atomic mass is 9.45. The highest BCUT2D eigenvalue weighted by molar-refractivity contribution is 5.09. The minimum atomic E-state index is -0.000969. The summed E-state index contributed by atoms with van der Waals surface area (Å²) in [5.41, 5.74) is 1.23. The molecule has 0 radical (unpaired) electrons. The SMILES string of the molecule is C[C@]12CC[C@@H](O)C[C@@H]1CC[C@H]1[C@@H]3CCC[C@@]3(CN3CCCC3)CC[C@@H]12. The number of aliphatic hydroxyl groups is 1. The summed E-state index contributed by atoms with van der Waals surface area (Å²) in [4.78, 5) is 2.82. The third-order valence-corrected chi connectivity index (χ3v) is 9.90. The molecule has 0 aromatic carbocycles. The van der Waals surface area contributed by atoms with Crippen molar-refractivity contribution in [2.45, 2.75) is 90.1 Å². The molecular weight excluding hydrogens is 306 g/mol. The van der Waals surface area contributed by atoms with Gasteiger partial charge in [0.1, 0.15) is 0 Å². The first-order chi connectivity index (χ1) is 12.1. The summed E-state index contributed by atoms with van der Waals surface area (Å²) in [5.74, 6) is 3.81. The average molecular weight is 346 g/mol. The van der Waals surface area contributed by atoms with Crippen LogP contribution in [0.4, 0.5) is 0 Å². The van der Waals surface area contributed by atoms with Gasteiger partial charge in [-0.25, -0.2) is 0 Å². The lowest BCUT2D eigenvalue weighted by Gasteiger charge is -2.61. The number of hydrogen-bond donors (Lipinski definition) is 1. The Hall–Kier alpha value is -0.0800. The quantitative estimate of drug-likeness (QED) is 0.773. The fraction of sp³-hybridized carbons (Fsp3) is 1.00. The monoisotopic (exact) mass is 345 g/mol. The van der Waals surface area contributed by atoms with Gasteiger partial charge in [0.05, 0.1) is 6.10 Å². The fourth-order valence-electron chi connectivity index (χ4n) is 8.69. The Morgan fingerprint density at radius 2 is 1.72 bits per heavy atom. The summed E-state index contributed by atoms with van der Waals surface area (Å²) >= 11 is 0. The Bertz CT molecular complexity index is 500. The van der Waals surface area contributed by atoms with E-state index in [9.17, 15) is 5.11 Å². The van der Waals surface area contributed by atoms with E-state index in [0.29, 0.717) is 10.8 Å². The van der Waals surface area contributed by atoms with Gasteiger partial charge in [0.15, 0.2) is 0 Å². The second kappa shape index (κ2) is 6.23. The smallest absolute Gasteiger partial charge is 0.0543 e. The van der Waals surface area contributed by atoms with Crippen LogP contribution in [0.5, 0.6) is 0 Å². The summed E-state index contributed by atoms with van der Waals surface area (Å²) in [7, 11) is 0. The van der Waals surface area contributed by atoms with Crippen LogP contribution in [0.15, 0.2) is 0 Å². The van der Waals surface area contributed by atoms with Crippen molar-refractivity contribution in [3.05, 3.63) is 0 Å². The molecule has 0 amide bonds. The molecule has 4 aliphatic carbocycles. The lowest BCUT2D eigenvalue weighted by Crippen LogP contribution is -2.55. The van der Waals surface area contributed by atoms with Crippen LogP contribution in [0.25, 0.3) is 0 Å². The topological polar surface area (TPSA) is 23.5 Å². The van der Waals surface area contributed by atoms with Crippen LogP contribution in [0.1, 0.15) is 84.0 Å². The van der Waals surface area contributed by atoms with Crippen LogP contribution in [0.2, 0.25) is 0 Å². The molecule has 7 atom stereocenters. The average Bonchev–Trinajstić information content (AvgIpc) is 3.25. The number of likely N-dealkylation sites (tertiary alicyclic amines) is 1. The van der Waals surface area contributed by atoms with Gasteiger partial charge in [-0.15, -0.1) is 0 Å². The molecule has 0 aromatic heterocycles. The van der Waals surface area contributed by atoms with E-state index in [-0.39, 0.29) is 6.10 Å². The maximum atomic E-state index is 10.2. The number of hydrogen-bond acceptors (Lipinski definition) is 2. The summed E-state index contributed by atoms with van der Waals surface area (Å²) < 4.78 is 0. The van der Waals surface area contributed by atoms with Crippen molar-refractivity contribution in [2.24, 2.45) is 34.5 Å². The molecule has 0 spiro atoms. The van der Waals surface area contributed by atoms with Gasteiger partial charge in [-0.2, -0.15) is 0 Å². The second-order valence-electron chi connectivity index (χ2n) is 10.9. The predicted molar refractivity (Wildman–Crippen MR) is 102 cm³/mol. The molecule has 25 heavy (non-hydrogen) atoms. The van der Waals surface area contributed by atoms with Gasteiger partial charge in [-0.1, -0.05) is 13.3 Å². The minimum absolute atomic E-state index is 0.000969. The molecule has 5 fully saturated rings. The standard InChI is InChI=1S/C23H39NO/c1-22-11-8-18(25)15-17(22)6-7-19-20(22)9-12-23(10-4-5-21(19)23)16-24-13-2-3-14-24/h17-21,25H,2-16H2,1H3/t17-,18+,19+,20-,21-,22-,23-/m0/s1. The van der Waals surface area contributed by atoms with E-state index in [1.165, 1.54) is 83.8 Å². The minimum Gasteiger partial charge on any atom is -0.393 e. The van der Waals surface area contributed by atoms with E-state index in [0.717, 1.165) is 36.5 Å². The Morgan fingerprint density at radius 1 is 0.880 bits per heavy atom. The van der Waals surface area contributed by atoms with Crippen molar-refractivity contribution in [2.75, 3.05) is 19.6 Å². The van der Waals surface area contributed by atoms with Crippen LogP contribution in [-0.4, -0.2) is 35.7 Å². The van der Waals surface area contributed by atoms with Crippen LogP contribution in [0.3, 0.4) is 0 Å². The maximum absolute atomic E-state index is 10.2. The van der Waals surface area contributed by atoms with Crippen LogP contribution in [-0.2, 0) is 0 Å². The molecule has 5 aliphatic rings. The normalized spacial score (nSPS) is 53.3. The van der Waals surface area contributed by atoms with Crippen LogP contribution in [0, 0.1) is 34.5 Å². The van der Waals surface area contributed by atoms with E-state index < -0.39 is 0 Å². The molecule has 5 rings (SSSR count). The largest absolute Gasteiger partial charge is 0.393 e. The molecule has 2 nitrogen and oxygen atoms in total. The molecule has 1 heterocycles. The molecule has 1 saturated heterocycles. The molecule has 0 aromatic rings. The Labute approximate surface area is 154 Å². The van der Waals surface area contributed by atoms with Gasteiger partial charge in [0, 0.05) is 6.54 Å². The maximum Gasteiger partial charge on any atom is 0.0543 e. The number of aliphatic hydroxyl groups excluding tert-OH is 1. The highest BCUT2D eigenvalue weighted by atomic mass is 16.3. The van der Waals surface area contributed by atoms with Gasteiger partial charge in [-0.3, -0.25) is 0 Å². The number of rotatable bonds is 2. The lowest BCUT2D eigenvalue weighted by molar-refractivity contribution is -0.127. The molecule has 1 N–H and O–H groups in total. The Morgan fingerprint density at radius 3 is 2.56 bits per heavy atom. The molecule has 2 heteroatoms. The van der Waals surface area contributed by atoms with E-state index in [1.807, 2.05) is 0 Å². The highest BCUT2D eigenvalue weighted by Crippen LogP contribution is 2.66. The molecule has 4 saturated carbocycles. The highest BCUT2D eigenvalue weighted by Gasteiger charge is 2.59. The zero-order valence-electron chi connectivity index (χ0n) is 16.4. The molecule has 142 valence electrons. The van der Waals surface area contributed by atoms with Crippen molar-refractivity contribution in [1.82, 2.24) is 4.90 Å². The summed E-state index contributed by atoms with van der Waals surface area (Å²) in [6.07, 6.45) is 16.8. The predicted octanol–water partition coefficient (Wildman–Crippen LogP) is 4.86. The number of nitrogens with zero attached hydrogens (tertiary/aromatic N) is 1. The van der Waals surface area contributed by atoms with E-state index in [2.05, 4.69) is 11.8 Å². The van der Waals surface area contributed by atoms with Gasteiger partial charge < -0.3 is 10.0 Å². The first-order valence-corrected chi connectivity index (χ1v) is 11.5. The summed E-state index contributed by atoms with van der Waals surface area (Å²) in [6, 6.07) is 0. The van der Waals surface area contributed by atoms with Crippen molar-refractivity contribution in [3.63, 3.8) is 0 Å². The third kappa shape index (κ3) is 2.64. The molecule has 0 unspecified atom stereocenters. The first-order valence-electron chi connectivity index (χ1n) is 11.5. The van der Waals surface area contributed by atoms with Gasteiger partial charge >= 0.3 is 0 Å². The number of fused-ring (bicyclic) bond motifs is 5. The summed E-state index contributed by atoms with van der Waals surface area (Å²) in [5, 5.41) is 10.2. The van der Waals surface area contributed by atoms with E-state index in [4.69, 9.17) is 0 Å². The second-order valence-corrected chi connectivity index (χ2v) is 10.9. The van der Waals surface area contributed by atoms with E-state index in [1.54, 1.807) is 0 Å². The molecule has 1 aliphatic heterocycles. The van der Waals surface area contributed by atoms with Crippen molar-refractivity contribution >= 4 is 0 Å². The van der Waals surface area contributed by atoms with E-state index >= 15 is 0 Å². The van der Waals surface area contributed by atoms with Gasteiger partial charge in [-0.05, 0) is 118 Å². The summed E-state index contributed by atoms with van der Waals surface area (Å²) in [6.45, 7) is 6.81. The molecule has 0 bridgehead atoms. The Balaban J connectivity index is 1.38. The first kappa shape index (κ1) is 17.0. The third-order valence-electron chi connectivity index (χ3n) is 9.90. The van der Waals surface area contributed by atoms with Crippen molar-refractivity contribution in [1.29, 1.82) is 0 Å². The van der Waals surface area contributed by atoms with Gasteiger partial charge in [0.25, 0.3) is 0 Å². The van der Waals surface area contributed by atoms with Crippen LogP contribution >= 0.6 is 0 Å². The fourth-order valence-corrected chi connectivity index (χ4v) is 8.69. The van der Waals surface area contributed by atoms with Gasteiger partial charge in [0.2, 0.25) is 0 Å². The van der Waals surface area contributed by atoms with Crippen LogP contribution < -0.4 is 0 Å².